The molecule has 1 heterocycles. The smallest absolute Gasteiger partial charge is 0.311 e. The van der Waals surface area contributed by atoms with Gasteiger partial charge in [-0.3, -0.25) is 4.79 Å². The molecule has 1 unspecified atom stereocenters. The minimum absolute atomic E-state index is 0.425. The topological polar surface area (TPSA) is 72.5 Å². The molecule has 1 saturated carbocycles. The number of aliphatic carboxylic acids is 1. The SMILES string of the molecule is NC(c1ccc2c(c1)CCCO2)C1(C(=O)O)CCC1. The zero-order chi connectivity index (χ0) is 13.5. The van der Waals surface area contributed by atoms with Crippen LogP contribution in [0.2, 0.25) is 0 Å². The number of hydrogen-bond acceptors (Lipinski definition) is 3. The van der Waals surface area contributed by atoms with E-state index >= 15 is 0 Å². The first-order chi connectivity index (χ1) is 9.13. The van der Waals surface area contributed by atoms with Gasteiger partial charge in [-0.25, -0.2) is 0 Å². The van der Waals surface area contributed by atoms with Gasteiger partial charge in [0.15, 0.2) is 0 Å². The van der Waals surface area contributed by atoms with Crippen molar-refractivity contribution in [2.75, 3.05) is 6.61 Å². The Balaban J connectivity index is 1.91. The molecule has 1 aromatic rings. The molecule has 102 valence electrons. The molecule has 0 aromatic heterocycles. The number of fused-ring (bicyclic) bond motifs is 1. The van der Waals surface area contributed by atoms with Crippen molar-refractivity contribution in [2.45, 2.75) is 38.1 Å². The first-order valence-electron chi connectivity index (χ1n) is 6.88. The summed E-state index contributed by atoms with van der Waals surface area (Å²) >= 11 is 0. The third kappa shape index (κ3) is 1.91. The molecule has 1 atom stereocenters. The van der Waals surface area contributed by atoms with Crippen LogP contribution in [0.4, 0.5) is 0 Å². The molecule has 0 amide bonds. The second-order valence-corrected chi connectivity index (χ2v) is 5.61. The van der Waals surface area contributed by atoms with E-state index in [4.69, 9.17) is 10.5 Å². The highest BCUT2D eigenvalue weighted by molar-refractivity contribution is 5.77. The van der Waals surface area contributed by atoms with E-state index in [2.05, 4.69) is 0 Å². The van der Waals surface area contributed by atoms with E-state index in [0.29, 0.717) is 12.8 Å². The van der Waals surface area contributed by atoms with E-state index in [0.717, 1.165) is 42.7 Å². The highest BCUT2D eigenvalue weighted by Gasteiger charge is 2.49. The van der Waals surface area contributed by atoms with Gasteiger partial charge in [0.1, 0.15) is 5.75 Å². The van der Waals surface area contributed by atoms with Crippen molar-refractivity contribution in [1.29, 1.82) is 0 Å². The molecule has 2 aliphatic rings. The van der Waals surface area contributed by atoms with Gasteiger partial charge in [0.05, 0.1) is 12.0 Å². The molecule has 1 aromatic carbocycles. The minimum atomic E-state index is -0.764. The van der Waals surface area contributed by atoms with Crippen LogP contribution in [-0.4, -0.2) is 17.7 Å². The van der Waals surface area contributed by atoms with Crippen LogP contribution in [0.25, 0.3) is 0 Å². The number of nitrogens with two attached hydrogens (primary N) is 1. The van der Waals surface area contributed by atoms with Gasteiger partial charge in [0.25, 0.3) is 0 Å². The van der Waals surface area contributed by atoms with Gasteiger partial charge >= 0.3 is 5.97 Å². The molecule has 0 radical (unpaired) electrons. The highest BCUT2D eigenvalue weighted by Crippen LogP contribution is 2.49. The maximum atomic E-state index is 11.5. The number of hydrogen-bond donors (Lipinski definition) is 2. The van der Waals surface area contributed by atoms with Crippen molar-refractivity contribution in [3.63, 3.8) is 0 Å². The van der Waals surface area contributed by atoms with Gasteiger partial charge < -0.3 is 15.6 Å². The lowest BCUT2D eigenvalue weighted by atomic mass is 9.62. The van der Waals surface area contributed by atoms with E-state index in [9.17, 15) is 9.90 Å². The molecule has 19 heavy (non-hydrogen) atoms. The van der Waals surface area contributed by atoms with E-state index in [-0.39, 0.29) is 0 Å². The Labute approximate surface area is 112 Å². The summed E-state index contributed by atoms with van der Waals surface area (Å²) in [6.07, 6.45) is 4.30. The predicted molar refractivity (Wildman–Crippen MR) is 71.1 cm³/mol. The summed E-state index contributed by atoms with van der Waals surface area (Å²) in [5.41, 5.74) is 7.56. The number of carboxylic acids is 1. The Morgan fingerprint density at radius 3 is 2.79 bits per heavy atom. The average Bonchev–Trinajstić information content (AvgIpc) is 2.36. The van der Waals surface area contributed by atoms with Gasteiger partial charge in [-0.05, 0) is 42.9 Å². The van der Waals surface area contributed by atoms with Gasteiger partial charge in [-0.15, -0.1) is 0 Å². The van der Waals surface area contributed by atoms with E-state index in [1.807, 2.05) is 18.2 Å². The molecule has 3 rings (SSSR count). The molecule has 1 aliphatic heterocycles. The number of ether oxygens (including phenoxy) is 1. The molecule has 0 bridgehead atoms. The second kappa shape index (κ2) is 4.53. The van der Waals surface area contributed by atoms with Crippen molar-refractivity contribution in [2.24, 2.45) is 11.1 Å². The van der Waals surface area contributed by atoms with Crippen LogP contribution in [0.3, 0.4) is 0 Å². The average molecular weight is 261 g/mol. The summed E-state index contributed by atoms with van der Waals surface area (Å²) in [4.78, 5) is 11.5. The normalized spacial score (nSPS) is 21.7. The van der Waals surface area contributed by atoms with Crippen molar-refractivity contribution >= 4 is 5.97 Å². The van der Waals surface area contributed by atoms with Crippen molar-refractivity contribution < 1.29 is 14.6 Å². The Morgan fingerprint density at radius 2 is 2.16 bits per heavy atom. The third-order valence-corrected chi connectivity index (χ3v) is 4.56. The van der Waals surface area contributed by atoms with Crippen molar-refractivity contribution in [3.8, 4) is 5.75 Å². The molecule has 4 nitrogen and oxygen atoms in total. The van der Waals surface area contributed by atoms with Crippen LogP contribution >= 0.6 is 0 Å². The standard InChI is InChI=1S/C15H19NO3/c16-13(15(14(17)18)6-2-7-15)11-4-5-12-10(9-11)3-1-8-19-12/h4-5,9,13H,1-3,6-8,16H2,(H,17,18). The number of aryl methyl sites for hydroxylation is 1. The fourth-order valence-electron chi connectivity index (χ4n) is 3.11. The fraction of sp³-hybridized carbons (Fsp3) is 0.533. The molecule has 3 N–H and O–H groups in total. The molecular weight excluding hydrogens is 242 g/mol. The molecule has 0 spiro atoms. The van der Waals surface area contributed by atoms with Gasteiger partial charge in [-0.1, -0.05) is 18.6 Å². The number of carbonyl (C=O) groups is 1. The van der Waals surface area contributed by atoms with Crippen LogP contribution in [0, 0.1) is 5.41 Å². The summed E-state index contributed by atoms with van der Waals surface area (Å²) in [5.74, 6) is 0.153. The molecular formula is C15H19NO3. The van der Waals surface area contributed by atoms with E-state index < -0.39 is 17.4 Å². The third-order valence-electron chi connectivity index (χ3n) is 4.56. The Kier molecular flexibility index (Phi) is 2.97. The van der Waals surface area contributed by atoms with E-state index in [1.54, 1.807) is 0 Å². The summed E-state index contributed by atoms with van der Waals surface area (Å²) in [6, 6.07) is 5.45. The number of benzene rings is 1. The monoisotopic (exact) mass is 261 g/mol. The lowest BCUT2D eigenvalue weighted by Gasteiger charge is -2.42. The van der Waals surface area contributed by atoms with E-state index in [1.165, 1.54) is 0 Å². The second-order valence-electron chi connectivity index (χ2n) is 5.61. The maximum absolute atomic E-state index is 11.5. The first kappa shape index (κ1) is 12.5. The lowest BCUT2D eigenvalue weighted by Crippen LogP contribution is -2.46. The molecule has 0 saturated heterocycles. The van der Waals surface area contributed by atoms with Crippen LogP contribution in [0.15, 0.2) is 18.2 Å². The predicted octanol–water partition coefficient (Wildman–Crippen LogP) is 2.27. The number of rotatable bonds is 3. The summed E-state index contributed by atoms with van der Waals surface area (Å²) in [6.45, 7) is 0.761. The van der Waals surface area contributed by atoms with Crippen molar-refractivity contribution in [1.82, 2.24) is 0 Å². The fourth-order valence-corrected chi connectivity index (χ4v) is 3.11. The summed E-state index contributed by atoms with van der Waals surface area (Å²) < 4.78 is 5.57. The largest absolute Gasteiger partial charge is 0.493 e. The summed E-state index contributed by atoms with van der Waals surface area (Å²) in [7, 11) is 0. The van der Waals surface area contributed by atoms with Crippen LogP contribution in [0.1, 0.15) is 42.9 Å². The quantitative estimate of drug-likeness (QED) is 0.875. The maximum Gasteiger partial charge on any atom is 0.311 e. The summed E-state index contributed by atoms with van der Waals surface area (Å²) in [5, 5.41) is 9.45. The van der Waals surface area contributed by atoms with Crippen LogP contribution < -0.4 is 10.5 Å². The number of carboxylic acid groups (broad SMARTS) is 1. The van der Waals surface area contributed by atoms with Crippen LogP contribution in [-0.2, 0) is 11.2 Å². The molecule has 1 fully saturated rings. The van der Waals surface area contributed by atoms with Gasteiger partial charge in [-0.2, -0.15) is 0 Å². The van der Waals surface area contributed by atoms with Gasteiger partial charge in [0, 0.05) is 6.04 Å². The van der Waals surface area contributed by atoms with Gasteiger partial charge in [0.2, 0.25) is 0 Å². The Bertz CT molecular complexity index is 508. The molecule has 1 aliphatic carbocycles. The highest BCUT2D eigenvalue weighted by atomic mass is 16.5. The molecule has 4 heteroatoms. The Hall–Kier alpha value is -1.55. The van der Waals surface area contributed by atoms with Crippen LogP contribution in [0.5, 0.6) is 5.75 Å². The minimum Gasteiger partial charge on any atom is -0.493 e. The first-order valence-corrected chi connectivity index (χ1v) is 6.88. The van der Waals surface area contributed by atoms with Crippen molar-refractivity contribution in [3.05, 3.63) is 29.3 Å². The lowest BCUT2D eigenvalue weighted by molar-refractivity contribution is -0.156. The Morgan fingerprint density at radius 1 is 1.37 bits per heavy atom. The zero-order valence-corrected chi connectivity index (χ0v) is 10.9. The zero-order valence-electron chi connectivity index (χ0n) is 10.9.